The number of nitrogens with zero attached hydrogens (tertiary/aromatic N) is 2. The van der Waals surface area contributed by atoms with Crippen LogP contribution in [0.3, 0.4) is 0 Å². The van der Waals surface area contributed by atoms with Crippen molar-refractivity contribution in [1.82, 2.24) is 4.98 Å². The van der Waals surface area contributed by atoms with E-state index in [1.54, 1.807) is 12.3 Å². The highest BCUT2D eigenvalue weighted by Crippen LogP contribution is 2.36. The molecule has 1 aromatic rings. The molecule has 0 bridgehead atoms. The summed E-state index contributed by atoms with van der Waals surface area (Å²) in [6.45, 7) is 0.622. The van der Waals surface area contributed by atoms with E-state index in [2.05, 4.69) is 14.6 Å². The monoisotopic (exact) mass is 249 g/mol. The highest BCUT2D eigenvalue weighted by Gasteiger charge is 2.33. The number of anilines is 1. The molecule has 1 aliphatic rings. The van der Waals surface area contributed by atoms with Crippen molar-refractivity contribution in [2.24, 2.45) is 11.7 Å². The van der Waals surface area contributed by atoms with E-state index in [1.165, 1.54) is 20.0 Å². The molecule has 18 heavy (non-hydrogen) atoms. The predicted molar refractivity (Wildman–Crippen MR) is 69.5 cm³/mol. The van der Waals surface area contributed by atoms with Crippen molar-refractivity contribution in [1.29, 1.82) is 0 Å². The predicted octanol–water partition coefficient (Wildman–Crippen LogP) is 1.04. The van der Waals surface area contributed by atoms with Crippen molar-refractivity contribution < 1.29 is 9.53 Å². The number of ether oxygens (including phenoxy) is 1. The van der Waals surface area contributed by atoms with Crippen LogP contribution in [-0.2, 0) is 4.74 Å². The fraction of sp³-hybridized carbons (Fsp3) is 0.538. The van der Waals surface area contributed by atoms with Crippen LogP contribution < -0.4 is 10.6 Å². The maximum atomic E-state index is 11.4. The summed E-state index contributed by atoms with van der Waals surface area (Å²) in [6.07, 6.45) is 4.10. The van der Waals surface area contributed by atoms with Gasteiger partial charge in [-0.1, -0.05) is 0 Å². The third-order valence-corrected chi connectivity index (χ3v) is 3.45. The van der Waals surface area contributed by atoms with Crippen LogP contribution in [0.25, 0.3) is 0 Å². The van der Waals surface area contributed by atoms with Crippen LogP contribution in [0.5, 0.6) is 0 Å². The second kappa shape index (κ2) is 5.35. The van der Waals surface area contributed by atoms with Crippen molar-refractivity contribution in [3.8, 4) is 0 Å². The van der Waals surface area contributed by atoms with E-state index in [0.717, 1.165) is 5.69 Å². The molecule has 1 aromatic heterocycles. The Morgan fingerprint density at radius 2 is 2.39 bits per heavy atom. The van der Waals surface area contributed by atoms with E-state index >= 15 is 0 Å². The van der Waals surface area contributed by atoms with Gasteiger partial charge in [0.05, 0.1) is 7.11 Å². The Balaban J connectivity index is 2.18. The van der Waals surface area contributed by atoms with Crippen molar-refractivity contribution in [3.63, 3.8) is 0 Å². The van der Waals surface area contributed by atoms with Gasteiger partial charge in [0.1, 0.15) is 5.69 Å². The van der Waals surface area contributed by atoms with Crippen LogP contribution in [0, 0.1) is 5.92 Å². The zero-order valence-electron chi connectivity index (χ0n) is 10.8. The maximum Gasteiger partial charge on any atom is 0.356 e. The third kappa shape index (κ3) is 2.61. The SMILES string of the molecule is COC(=O)c1cc(N(C)C(CN)C2CC2)ccn1. The van der Waals surface area contributed by atoms with Gasteiger partial charge < -0.3 is 15.4 Å². The summed E-state index contributed by atoms with van der Waals surface area (Å²) in [5.74, 6) is 0.260. The lowest BCUT2D eigenvalue weighted by Crippen LogP contribution is -2.39. The Morgan fingerprint density at radius 3 is 2.94 bits per heavy atom. The molecule has 1 unspecified atom stereocenters. The molecule has 0 aromatic carbocycles. The number of pyridine rings is 1. The second-order valence-electron chi connectivity index (χ2n) is 4.64. The van der Waals surface area contributed by atoms with Crippen molar-refractivity contribution >= 4 is 11.7 Å². The lowest BCUT2D eigenvalue weighted by molar-refractivity contribution is 0.0594. The summed E-state index contributed by atoms with van der Waals surface area (Å²) in [6, 6.07) is 3.96. The minimum absolute atomic E-state index is 0.327. The molecule has 5 heteroatoms. The fourth-order valence-electron chi connectivity index (χ4n) is 2.19. The first-order valence-electron chi connectivity index (χ1n) is 6.14. The highest BCUT2D eigenvalue weighted by atomic mass is 16.5. The smallest absolute Gasteiger partial charge is 0.356 e. The molecule has 98 valence electrons. The summed E-state index contributed by atoms with van der Waals surface area (Å²) < 4.78 is 4.67. The van der Waals surface area contributed by atoms with Crippen LogP contribution in [0.4, 0.5) is 5.69 Å². The second-order valence-corrected chi connectivity index (χ2v) is 4.64. The number of esters is 1. The van der Waals surface area contributed by atoms with E-state index in [0.29, 0.717) is 24.2 Å². The van der Waals surface area contributed by atoms with E-state index in [1.807, 2.05) is 13.1 Å². The number of hydrogen-bond acceptors (Lipinski definition) is 5. The maximum absolute atomic E-state index is 11.4. The van der Waals surface area contributed by atoms with Crippen LogP contribution in [0.1, 0.15) is 23.3 Å². The molecule has 0 aliphatic heterocycles. The fourth-order valence-corrected chi connectivity index (χ4v) is 2.19. The molecule has 0 spiro atoms. The summed E-state index contributed by atoms with van der Waals surface area (Å²) in [5, 5.41) is 0. The third-order valence-electron chi connectivity index (χ3n) is 3.45. The van der Waals surface area contributed by atoms with Gasteiger partial charge in [0.25, 0.3) is 0 Å². The first kappa shape index (κ1) is 12.8. The first-order valence-corrected chi connectivity index (χ1v) is 6.14. The van der Waals surface area contributed by atoms with Gasteiger partial charge >= 0.3 is 5.97 Å². The van der Waals surface area contributed by atoms with Crippen molar-refractivity contribution in [2.75, 3.05) is 25.6 Å². The Labute approximate surface area is 107 Å². The van der Waals surface area contributed by atoms with E-state index < -0.39 is 5.97 Å². The lowest BCUT2D eigenvalue weighted by atomic mass is 10.1. The van der Waals surface area contributed by atoms with Crippen LogP contribution in [0.15, 0.2) is 18.3 Å². The normalized spacial score (nSPS) is 16.2. The number of carbonyl (C=O) groups is 1. The largest absolute Gasteiger partial charge is 0.464 e. The number of aromatic nitrogens is 1. The molecule has 1 heterocycles. The molecule has 2 N–H and O–H groups in total. The van der Waals surface area contributed by atoms with Crippen LogP contribution in [0.2, 0.25) is 0 Å². The molecule has 5 nitrogen and oxygen atoms in total. The Bertz CT molecular complexity index is 432. The standard InChI is InChI=1S/C13H19N3O2/c1-16(12(8-14)9-3-4-9)10-5-6-15-11(7-10)13(17)18-2/h5-7,9,12H,3-4,8,14H2,1-2H3. The van der Waals surface area contributed by atoms with E-state index in [9.17, 15) is 4.79 Å². The molecule has 2 rings (SSSR count). The number of carbonyl (C=O) groups excluding carboxylic acids is 1. The van der Waals surface area contributed by atoms with Gasteiger partial charge in [-0.3, -0.25) is 0 Å². The van der Waals surface area contributed by atoms with Gasteiger partial charge in [-0.15, -0.1) is 0 Å². The van der Waals surface area contributed by atoms with E-state index in [4.69, 9.17) is 5.73 Å². The summed E-state index contributed by atoms with van der Waals surface area (Å²) >= 11 is 0. The minimum Gasteiger partial charge on any atom is -0.464 e. The van der Waals surface area contributed by atoms with E-state index in [-0.39, 0.29) is 0 Å². The van der Waals surface area contributed by atoms with Crippen LogP contribution in [-0.4, -0.2) is 37.7 Å². The lowest BCUT2D eigenvalue weighted by Gasteiger charge is -2.29. The Kier molecular flexibility index (Phi) is 3.81. The highest BCUT2D eigenvalue weighted by molar-refractivity contribution is 5.88. The van der Waals surface area contributed by atoms with Gasteiger partial charge in [-0.2, -0.15) is 0 Å². The quantitative estimate of drug-likeness (QED) is 0.790. The summed E-state index contributed by atoms with van der Waals surface area (Å²) in [4.78, 5) is 17.6. The number of methoxy groups -OCH3 is 1. The van der Waals surface area contributed by atoms with Gasteiger partial charge in [0, 0.05) is 31.5 Å². The average molecular weight is 249 g/mol. The van der Waals surface area contributed by atoms with Gasteiger partial charge in [-0.05, 0) is 30.9 Å². The molecule has 0 amide bonds. The van der Waals surface area contributed by atoms with Gasteiger partial charge in [-0.25, -0.2) is 9.78 Å². The van der Waals surface area contributed by atoms with Crippen LogP contribution >= 0.6 is 0 Å². The van der Waals surface area contributed by atoms with Crippen molar-refractivity contribution in [2.45, 2.75) is 18.9 Å². The number of nitrogens with two attached hydrogens (primary N) is 1. The van der Waals surface area contributed by atoms with Gasteiger partial charge in [0.15, 0.2) is 0 Å². The van der Waals surface area contributed by atoms with Crippen molar-refractivity contribution in [3.05, 3.63) is 24.0 Å². The molecule has 1 saturated carbocycles. The first-order chi connectivity index (χ1) is 8.67. The Morgan fingerprint density at radius 1 is 1.67 bits per heavy atom. The zero-order valence-corrected chi connectivity index (χ0v) is 10.8. The molecule has 0 saturated heterocycles. The summed E-state index contributed by atoms with van der Waals surface area (Å²) in [5.41, 5.74) is 7.11. The molecule has 1 atom stereocenters. The molecular formula is C13H19N3O2. The average Bonchev–Trinajstić information content (AvgIpc) is 3.23. The topological polar surface area (TPSA) is 68.5 Å². The number of hydrogen-bond donors (Lipinski definition) is 1. The molecule has 1 aliphatic carbocycles. The summed E-state index contributed by atoms with van der Waals surface area (Å²) in [7, 11) is 3.36. The number of likely N-dealkylation sites (N-methyl/N-ethyl adjacent to an activating group) is 1. The van der Waals surface area contributed by atoms with Gasteiger partial charge in [0.2, 0.25) is 0 Å². The molecular weight excluding hydrogens is 230 g/mol. The number of rotatable bonds is 5. The molecule has 0 radical (unpaired) electrons. The minimum atomic E-state index is -0.416. The Hall–Kier alpha value is -1.62. The molecule has 1 fully saturated rings. The zero-order chi connectivity index (χ0) is 13.1.